The minimum Gasteiger partial charge on any atom is -0.497 e. The molecular weight excluding hydrogens is 382 g/mol. The maximum Gasteiger partial charge on any atom is 0.212 e. The van der Waals surface area contributed by atoms with Crippen LogP contribution < -0.4 is 9.46 Å². The van der Waals surface area contributed by atoms with Crippen LogP contribution >= 0.6 is 0 Å². The third kappa shape index (κ3) is 6.58. The zero-order valence-corrected chi connectivity index (χ0v) is 18.5. The number of sulfonamides is 1. The van der Waals surface area contributed by atoms with Crippen LogP contribution in [0.25, 0.3) is 0 Å². The van der Waals surface area contributed by atoms with Crippen molar-refractivity contribution in [1.82, 2.24) is 4.72 Å². The molecule has 0 amide bonds. The summed E-state index contributed by atoms with van der Waals surface area (Å²) >= 11 is 0. The molecule has 1 fully saturated rings. The first kappa shape index (κ1) is 21.8. The highest BCUT2D eigenvalue weighted by Crippen LogP contribution is 2.38. The Kier molecular flexibility index (Phi) is 7.01. The summed E-state index contributed by atoms with van der Waals surface area (Å²) in [5.74, 6) is 1.24. The zero-order valence-electron chi connectivity index (χ0n) is 17.7. The van der Waals surface area contributed by atoms with Crippen LogP contribution in [0.15, 0.2) is 54.6 Å². The topological polar surface area (TPSA) is 55.4 Å². The molecule has 1 atom stereocenters. The van der Waals surface area contributed by atoms with Crippen molar-refractivity contribution in [2.75, 3.05) is 12.9 Å². The fraction of sp³-hybridized carbons (Fsp3) is 0.500. The first-order chi connectivity index (χ1) is 13.8. The molecule has 1 N–H and O–H groups in total. The normalized spacial score (nSPS) is 18.3. The molecule has 1 aliphatic carbocycles. The highest BCUT2D eigenvalue weighted by molar-refractivity contribution is 7.89. The molecule has 0 spiro atoms. The molecule has 0 saturated heterocycles. The third-order valence-electron chi connectivity index (χ3n) is 6.01. The van der Waals surface area contributed by atoms with Gasteiger partial charge < -0.3 is 4.74 Å². The average molecular weight is 416 g/mol. The van der Waals surface area contributed by atoms with E-state index in [-0.39, 0.29) is 17.7 Å². The number of hydrogen-bond donors (Lipinski definition) is 1. The Morgan fingerprint density at radius 3 is 2.41 bits per heavy atom. The lowest BCUT2D eigenvalue weighted by molar-refractivity contribution is 0.201. The molecule has 0 radical (unpaired) electrons. The fourth-order valence-electron chi connectivity index (χ4n) is 4.15. The van der Waals surface area contributed by atoms with E-state index in [2.05, 4.69) is 18.6 Å². The zero-order chi connectivity index (χ0) is 20.9. The van der Waals surface area contributed by atoms with Gasteiger partial charge in [0.15, 0.2) is 0 Å². The summed E-state index contributed by atoms with van der Waals surface area (Å²) in [4.78, 5) is 0. The minimum atomic E-state index is -3.38. The molecule has 1 unspecified atom stereocenters. The highest BCUT2D eigenvalue weighted by Gasteiger charge is 2.30. The van der Waals surface area contributed by atoms with E-state index in [0.29, 0.717) is 11.8 Å². The lowest BCUT2D eigenvalue weighted by Gasteiger charge is -2.34. The molecule has 1 aliphatic rings. The molecule has 4 nitrogen and oxygen atoms in total. The Bertz CT molecular complexity index is 883. The molecule has 5 heteroatoms. The lowest BCUT2D eigenvalue weighted by atomic mass is 9.74. The summed E-state index contributed by atoms with van der Waals surface area (Å²) < 4.78 is 34.4. The second kappa shape index (κ2) is 9.31. The van der Waals surface area contributed by atoms with Crippen LogP contribution in [0.1, 0.15) is 56.7 Å². The number of methoxy groups -OCH3 is 1. The Balaban J connectivity index is 1.74. The van der Waals surface area contributed by atoms with Crippen LogP contribution in [0.2, 0.25) is 0 Å². The maximum absolute atomic E-state index is 13.0. The molecular formula is C24H33NO3S. The predicted molar refractivity (Wildman–Crippen MR) is 119 cm³/mol. The fourth-order valence-corrected chi connectivity index (χ4v) is 5.85. The van der Waals surface area contributed by atoms with Crippen LogP contribution in [0, 0.1) is 11.3 Å². The average Bonchev–Trinajstić information content (AvgIpc) is 2.70. The standard InChI is InChI=1S/C24H33NO3S/c1-24(2)14-12-19(13-15-24)18-29(26,27)25-23(21-9-5-4-6-10-21)17-20-8-7-11-22(16-20)28-3/h4-11,16,19,23,25H,12-15,17-18H2,1-3H3. The smallest absolute Gasteiger partial charge is 0.212 e. The monoisotopic (exact) mass is 415 g/mol. The van der Waals surface area contributed by atoms with E-state index in [4.69, 9.17) is 4.74 Å². The molecule has 0 bridgehead atoms. The van der Waals surface area contributed by atoms with Crippen molar-refractivity contribution in [1.29, 1.82) is 0 Å². The van der Waals surface area contributed by atoms with Gasteiger partial charge in [0.1, 0.15) is 5.75 Å². The van der Waals surface area contributed by atoms with Crippen LogP contribution in [0.3, 0.4) is 0 Å². The number of hydrogen-bond acceptors (Lipinski definition) is 3. The summed E-state index contributed by atoms with van der Waals surface area (Å²) in [5, 5.41) is 0. The molecule has 2 aromatic rings. The Morgan fingerprint density at radius 2 is 1.76 bits per heavy atom. The highest BCUT2D eigenvalue weighted by atomic mass is 32.2. The van der Waals surface area contributed by atoms with Gasteiger partial charge in [0, 0.05) is 0 Å². The van der Waals surface area contributed by atoms with Crippen LogP contribution in [0.5, 0.6) is 5.75 Å². The Labute approximate surface area is 175 Å². The van der Waals surface area contributed by atoms with E-state index in [1.807, 2.05) is 54.6 Å². The first-order valence-corrected chi connectivity index (χ1v) is 12.1. The van der Waals surface area contributed by atoms with Gasteiger partial charge in [-0.3, -0.25) is 0 Å². The number of benzene rings is 2. The van der Waals surface area contributed by atoms with Gasteiger partial charge in [-0.05, 0) is 66.7 Å². The van der Waals surface area contributed by atoms with Crippen LogP contribution in [-0.2, 0) is 16.4 Å². The quantitative estimate of drug-likeness (QED) is 0.651. The minimum absolute atomic E-state index is 0.213. The SMILES string of the molecule is COc1cccc(CC(NS(=O)(=O)CC2CCC(C)(C)CC2)c2ccccc2)c1. The summed E-state index contributed by atoms with van der Waals surface area (Å²) in [6.07, 6.45) is 4.75. The molecule has 1 saturated carbocycles. The summed E-state index contributed by atoms with van der Waals surface area (Å²) in [7, 11) is -1.74. The number of nitrogens with one attached hydrogen (secondary N) is 1. The Hall–Kier alpha value is -1.85. The van der Waals surface area contributed by atoms with Crippen molar-refractivity contribution in [3.63, 3.8) is 0 Å². The first-order valence-electron chi connectivity index (χ1n) is 10.4. The molecule has 2 aromatic carbocycles. The molecule has 0 heterocycles. The van der Waals surface area contributed by atoms with Gasteiger partial charge in [-0.25, -0.2) is 13.1 Å². The maximum atomic E-state index is 13.0. The van der Waals surface area contributed by atoms with Crippen molar-refractivity contribution in [2.45, 2.75) is 52.0 Å². The summed E-state index contributed by atoms with van der Waals surface area (Å²) in [6.45, 7) is 4.55. The molecule has 0 aromatic heterocycles. The van der Waals surface area contributed by atoms with Crippen molar-refractivity contribution in [3.05, 3.63) is 65.7 Å². The van der Waals surface area contributed by atoms with Gasteiger partial charge in [-0.1, -0.05) is 56.3 Å². The van der Waals surface area contributed by atoms with Crippen molar-refractivity contribution < 1.29 is 13.2 Å². The predicted octanol–water partition coefficient (Wildman–Crippen LogP) is 5.11. The van der Waals surface area contributed by atoms with Gasteiger partial charge in [0.2, 0.25) is 10.0 Å². The number of rotatable bonds is 8. The van der Waals surface area contributed by atoms with E-state index < -0.39 is 10.0 Å². The van der Waals surface area contributed by atoms with E-state index in [1.165, 1.54) is 0 Å². The van der Waals surface area contributed by atoms with Gasteiger partial charge >= 0.3 is 0 Å². The van der Waals surface area contributed by atoms with Crippen molar-refractivity contribution in [3.8, 4) is 5.75 Å². The molecule has 0 aliphatic heterocycles. The Morgan fingerprint density at radius 1 is 1.07 bits per heavy atom. The third-order valence-corrected chi connectivity index (χ3v) is 7.57. The van der Waals surface area contributed by atoms with Crippen LogP contribution in [-0.4, -0.2) is 21.3 Å². The van der Waals surface area contributed by atoms with E-state index >= 15 is 0 Å². The largest absolute Gasteiger partial charge is 0.497 e. The molecule has 29 heavy (non-hydrogen) atoms. The van der Waals surface area contributed by atoms with Gasteiger partial charge in [0.25, 0.3) is 0 Å². The number of ether oxygens (including phenoxy) is 1. The lowest BCUT2D eigenvalue weighted by Crippen LogP contribution is -2.35. The van der Waals surface area contributed by atoms with Gasteiger partial charge in [-0.2, -0.15) is 0 Å². The van der Waals surface area contributed by atoms with Crippen molar-refractivity contribution >= 4 is 10.0 Å². The van der Waals surface area contributed by atoms with Crippen molar-refractivity contribution in [2.24, 2.45) is 11.3 Å². The second-order valence-corrected chi connectivity index (χ2v) is 10.8. The van der Waals surface area contributed by atoms with Gasteiger partial charge in [-0.15, -0.1) is 0 Å². The second-order valence-electron chi connectivity index (χ2n) is 9.03. The molecule has 3 rings (SSSR count). The summed E-state index contributed by atoms with van der Waals surface area (Å²) in [6, 6.07) is 17.3. The van der Waals surface area contributed by atoms with E-state index in [9.17, 15) is 8.42 Å². The molecule has 158 valence electrons. The van der Waals surface area contributed by atoms with Gasteiger partial charge in [0.05, 0.1) is 18.9 Å². The van der Waals surface area contributed by atoms with Crippen LogP contribution in [0.4, 0.5) is 0 Å². The van der Waals surface area contributed by atoms with E-state index in [0.717, 1.165) is 42.6 Å². The van der Waals surface area contributed by atoms with E-state index in [1.54, 1.807) is 7.11 Å². The summed E-state index contributed by atoms with van der Waals surface area (Å²) in [5.41, 5.74) is 2.36.